The maximum Gasteiger partial charge on any atom is 0.193 e. The summed E-state index contributed by atoms with van der Waals surface area (Å²) in [5.74, 6) is 0.0794. The van der Waals surface area contributed by atoms with Crippen molar-refractivity contribution >= 4 is 5.78 Å². The predicted molar refractivity (Wildman–Crippen MR) is 89.4 cm³/mol. The second kappa shape index (κ2) is 5.82. The Labute approximate surface area is 135 Å². The molecule has 0 aromatic heterocycles. The molecule has 2 heteroatoms. The van der Waals surface area contributed by atoms with E-state index >= 15 is 0 Å². The number of benzene rings is 3. The van der Waals surface area contributed by atoms with Crippen molar-refractivity contribution in [3.05, 3.63) is 107 Å². The minimum Gasteiger partial charge on any atom is -0.364 e. The third-order valence-corrected chi connectivity index (χ3v) is 4.24. The van der Waals surface area contributed by atoms with Gasteiger partial charge in [-0.15, -0.1) is 0 Å². The third kappa shape index (κ3) is 2.47. The van der Waals surface area contributed by atoms with Crippen LogP contribution >= 0.6 is 0 Å². The Balaban J connectivity index is 1.74. The summed E-state index contributed by atoms with van der Waals surface area (Å²) in [6.45, 7) is 0.516. The maximum absolute atomic E-state index is 12.7. The first-order valence-electron chi connectivity index (χ1n) is 7.72. The Morgan fingerprint density at radius 1 is 0.696 bits per heavy atom. The number of ether oxygens (including phenoxy) is 1. The topological polar surface area (TPSA) is 26.3 Å². The Bertz CT molecular complexity index is 803. The Morgan fingerprint density at radius 2 is 1.22 bits per heavy atom. The summed E-state index contributed by atoms with van der Waals surface area (Å²) in [4.78, 5) is 12.7. The molecular formula is C21H16O2. The van der Waals surface area contributed by atoms with Crippen LogP contribution in [0.5, 0.6) is 0 Å². The number of carbonyl (C=O) groups excluding carboxylic acids is 1. The van der Waals surface area contributed by atoms with E-state index in [1.165, 1.54) is 0 Å². The molecule has 0 fully saturated rings. The van der Waals surface area contributed by atoms with E-state index in [-0.39, 0.29) is 11.9 Å². The maximum atomic E-state index is 12.7. The van der Waals surface area contributed by atoms with Crippen LogP contribution in [0.2, 0.25) is 0 Å². The summed E-state index contributed by atoms with van der Waals surface area (Å²) < 4.78 is 6.22. The first-order valence-corrected chi connectivity index (χ1v) is 7.72. The minimum atomic E-state index is -0.208. The van der Waals surface area contributed by atoms with E-state index in [9.17, 15) is 4.79 Å². The second-order valence-electron chi connectivity index (χ2n) is 5.68. The molecule has 0 aliphatic heterocycles. The highest BCUT2D eigenvalue weighted by Gasteiger charge is 2.30. The van der Waals surface area contributed by atoms with Crippen molar-refractivity contribution in [1.29, 1.82) is 0 Å². The molecule has 0 heterocycles. The monoisotopic (exact) mass is 300 g/mol. The van der Waals surface area contributed by atoms with E-state index < -0.39 is 0 Å². The molecule has 0 N–H and O–H groups in total. The minimum absolute atomic E-state index is 0.0794. The standard InChI is InChI=1S/C21H16O2/c22-20-16-10-4-6-12-18(16)21(19-13-7-5-11-17(19)20)23-14-15-8-2-1-3-9-15/h1-13,21H,14H2. The molecule has 0 saturated carbocycles. The van der Waals surface area contributed by atoms with Gasteiger partial charge in [0.2, 0.25) is 0 Å². The van der Waals surface area contributed by atoms with Gasteiger partial charge in [0.15, 0.2) is 5.78 Å². The van der Waals surface area contributed by atoms with Crippen LogP contribution in [0.3, 0.4) is 0 Å². The molecule has 23 heavy (non-hydrogen) atoms. The Hall–Kier alpha value is -2.71. The average Bonchev–Trinajstić information content (AvgIpc) is 2.63. The molecule has 1 aliphatic carbocycles. The fourth-order valence-electron chi connectivity index (χ4n) is 3.11. The zero-order valence-electron chi connectivity index (χ0n) is 12.6. The van der Waals surface area contributed by atoms with Crippen LogP contribution in [0.4, 0.5) is 0 Å². The molecular weight excluding hydrogens is 284 g/mol. The molecule has 3 aromatic rings. The van der Waals surface area contributed by atoms with Crippen LogP contribution in [-0.2, 0) is 11.3 Å². The normalized spacial score (nSPS) is 13.5. The van der Waals surface area contributed by atoms with Crippen LogP contribution in [0.15, 0.2) is 78.9 Å². The molecule has 4 rings (SSSR count). The summed E-state index contributed by atoms with van der Waals surface area (Å²) in [6.07, 6.45) is -0.208. The number of hydrogen-bond acceptors (Lipinski definition) is 2. The second-order valence-corrected chi connectivity index (χ2v) is 5.68. The van der Waals surface area contributed by atoms with Crippen molar-refractivity contribution in [1.82, 2.24) is 0 Å². The van der Waals surface area contributed by atoms with Gasteiger partial charge in [0.05, 0.1) is 6.61 Å². The van der Waals surface area contributed by atoms with Gasteiger partial charge >= 0.3 is 0 Å². The molecule has 0 unspecified atom stereocenters. The predicted octanol–water partition coefficient (Wildman–Crippen LogP) is 4.54. The van der Waals surface area contributed by atoms with Crippen molar-refractivity contribution < 1.29 is 9.53 Å². The quantitative estimate of drug-likeness (QED) is 0.710. The lowest BCUT2D eigenvalue weighted by Crippen LogP contribution is -2.21. The number of ketones is 1. The van der Waals surface area contributed by atoms with Crippen molar-refractivity contribution in [3.63, 3.8) is 0 Å². The first-order chi connectivity index (χ1) is 11.3. The molecule has 2 nitrogen and oxygen atoms in total. The number of carbonyl (C=O) groups is 1. The smallest absolute Gasteiger partial charge is 0.193 e. The van der Waals surface area contributed by atoms with Gasteiger partial charge in [0.1, 0.15) is 6.10 Å². The largest absolute Gasteiger partial charge is 0.364 e. The van der Waals surface area contributed by atoms with Gasteiger partial charge < -0.3 is 4.74 Å². The lowest BCUT2D eigenvalue weighted by molar-refractivity contribution is 0.0626. The van der Waals surface area contributed by atoms with Gasteiger partial charge in [-0.25, -0.2) is 0 Å². The molecule has 3 aromatic carbocycles. The molecule has 0 saturated heterocycles. The van der Waals surface area contributed by atoms with Crippen molar-refractivity contribution in [2.45, 2.75) is 12.7 Å². The van der Waals surface area contributed by atoms with E-state index in [4.69, 9.17) is 4.74 Å². The molecule has 1 aliphatic rings. The lowest BCUT2D eigenvalue weighted by atomic mass is 9.83. The van der Waals surface area contributed by atoms with E-state index in [0.29, 0.717) is 6.61 Å². The van der Waals surface area contributed by atoms with Gasteiger partial charge in [-0.05, 0) is 16.7 Å². The molecule has 0 amide bonds. The van der Waals surface area contributed by atoms with Crippen molar-refractivity contribution in [2.75, 3.05) is 0 Å². The van der Waals surface area contributed by atoms with Gasteiger partial charge in [0, 0.05) is 11.1 Å². The van der Waals surface area contributed by atoms with Gasteiger partial charge in [0.25, 0.3) is 0 Å². The molecule has 0 bridgehead atoms. The van der Waals surface area contributed by atoms with Gasteiger partial charge in [-0.3, -0.25) is 4.79 Å². The zero-order chi connectivity index (χ0) is 15.6. The summed E-state index contributed by atoms with van der Waals surface area (Å²) in [5, 5.41) is 0. The van der Waals surface area contributed by atoms with E-state index in [2.05, 4.69) is 0 Å². The number of hydrogen-bond donors (Lipinski definition) is 0. The Morgan fingerprint density at radius 3 is 1.83 bits per heavy atom. The molecule has 112 valence electrons. The summed E-state index contributed by atoms with van der Waals surface area (Å²) in [5.41, 5.74) is 4.51. The average molecular weight is 300 g/mol. The van der Waals surface area contributed by atoms with E-state index in [0.717, 1.165) is 27.8 Å². The molecule has 0 spiro atoms. The van der Waals surface area contributed by atoms with Gasteiger partial charge in [-0.1, -0.05) is 78.9 Å². The van der Waals surface area contributed by atoms with Gasteiger partial charge in [-0.2, -0.15) is 0 Å². The van der Waals surface area contributed by atoms with Crippen LogP contribution in [0.1, 0.15) is 38.7 Å². The van der Waals surface area contributed by atoms with Crippen LogP contribution < -0.4 is 0 Å². The zero-order valence-corrected chi connectivity index (χ0v) is 12.6. The summed E-state index contributed by atoms with van der Waals surface area (Å²) in [6, 6.07) is 25.5. The van der Waals surface area contributed by atoms with E-state index in [1.807, 2.05) is 78.9 Å². The van der Waals surface area contributed by atoms with Crippen LogP contribution in [0.25, 0.3) is 0 Å². The molecule has 0 radical (unpaired) electrons. The summed E-state index contributed by atoms with van der Waals surface area (Å²) >= 11 is 0. The number of rotatable bonds is 3. The van der Waals surface area contributed by atoms with Crippen LogP contribution in [-0.4, -0.2) is 5.78 Å². The van der Waals surface area contributed by atoms with Crippen molar-refractivity contribution in [3.8, 4) is 0 Å². The third-order valence-electron chi connectivity index (χ3n) is 4.24. The SMILES string of the molecule is O=C1c2ccccc2C(OCc2ccccc2)c2ccccc21. The first kappa shape index (κ1) is 13.9. The fourth-order valence-corrected chi connectivity index (χ4v) is 3.11. The highest BCUT2D eigenvalue weighted by molar-refractivity contribution is 6.12. The highest BCUT2D eigenvalue weighted by Crippen LogP contribution is 2.37. The Kier molecular flexibility index (Phi) is 3.52. The highest BCUT2D eigenvalue weighted by atomic mass is 16.5. The lowest BCUT2D eigenvalue weighted by Gasteiger charge is -2.27. The van der Waals surface area contributed by atoms with Crippen LogP contribution in [0, 0.1) is 0 Å². The van der Waals surface area contributed by atoms with Crippen molar-refractivity contribution in [2.24, 2.45) is 0 Å². The summed E-state index contributed by atoms with van der Waals surface area (Å²) in [7, 11) is 0. The van der Waals surface area contributed by atoms with E-state index in [1.54, 1.807) is 0 Å². The number of fused-ring (bicyclic) bond motifs is 2. The fraction of sp³-hybridized carbons (Fsp3) is 0.0952. The molecule has 0 atom stereocenters.